The highest BCUT2D eigenvalue weighted by Gasteiger charge is 2.32. The van der Waals surface area contributed by atoms with Crippen molar-refractivity contribution in [1.82, 2.24) is 9.80 Å². The number of amides is 1. The highest BCUT2D eigenvalue weighted by Crippen LogP contribution is 2.24. The maximum atomic E-state index is 13.1. The quantitative estimate of drug-likeness (QED) is 0.713. The van der Waals surface area contributed by atoms with Gasteiger partial charge in [0, 0.05) is 31.2 Å². The topological polar surface area (TPSA) is 69.7 Å². The molecule has 11 heteroatoms. The van der Waals surface area contributed by atoms with Crippen LogP contribution in [0.25, 0.3) is 0 Å². The molecule has 2 aromatic rings. The Morgan fingerprint density at radius 3 is 2.35 bits per heavy atom. The normalized spacial score (nSPS) is 16.1. The number of carbonyl (C=O) groups excluding carboxylic acids is 1. The van der Waals surface area contributed by atoms with Crippen LogP contribution in [-0.4, -0.2) is 63.0 Å². The molecule has 0 aliphatic carbocycles. The Morgan fingerprint density at radius 1 is 1.00 bits per heavy atom. The van der Waals surface area contributed by atoms with Crippen LogP contribution >= 0.6 is 11.6 Å². The lowest BCUT2D eigenvalue weighted by atomic mass is 10.1. The molecule has 2 aromatic carbocycles. The fourth-order valence-corrected chi connectivity index (χ4v) is 4.54. The van der Waals surface area contributed by atoms with Crippen LogP contribution in [0.2, 0.25) is 5.02 Å². The van der Waals surface area contributed by atoms with Gasteiger partial charge in [-0.2, -0.15) is 13.2 Å². The number of halogens is 4. The molecule has 1 aliphatic rings. The third kappa shape index (κ3) is 6.34. The number of alkyl halides is 3. The predicted molar refractivity (Wildman–Crippen MR) is 112 cm³/mol. The minimum atomic E-state index is -4.30. The van der Waals surface area contributed by atoms with Crippen molar-refractivity contribution in [2.24, 2.45) is 0 Å². The van der Waals surface area contributed by atoms with E-state index in [-0.39, 0.29) is 42.3 Å². The molecule has 6 nitrogen and oxygen atoms in total. The minimum absolute atomic E-state index is 0.0169. The zero-order chi connectivity index (χ0) is 22.6. The van der Waals surface area contributed by atoms with Gasteiger partial charge in [-0.3, -0.25) is 14.4 Å². The third-order valence-corrected chi connectivity index (χ3v) is 6.44. The van der Waals surface area contributed by atoms with Crippen molar-refractivity contribution in [2.75, 3.05) is 37.4 Å². The van der Waals surface area contributed by atoms with Gasteiger partial charge in [0.05, 0.1) is 22.7 Å². The number of nitrogens with zero attached hydrogens (tertiary/aromatic N) is 2. The van der Waals surface area contributed by atoms with E-state index in [1.165, 1.54) is 46.2 Å². The SMILES string of the molecule is O=C(c1ccccc1NS(=O)(=O)c1ccc(Cl)cc1)N1CCCN(CC(F)(F)F)CC1. The third-order valence-electron chi connectivity index (χ3n) is 4.80. The van der Waals surface area contributed by atoms with Crippen molar-refractivity contribution in [1.29, 1.82) is 0 Å². The Labute approximate surface area is 183 Å². The van der Waals surface area contributed by atoms with Crippen molar-refractivity contribution in [2.45, 2.75) is 17.5 Å². The van der Waals surface area contributed by atoms with Crippen LogP contribution in [0.3, 0.4) is 0 Å². The molecule has 0 bridgehead atoms. The molecule has 31 heavy (non-hydrogen) atoms. The molecule has 0 saturated carbocycles. The lowest BCUT2D eigenvalue weighted by Crippen LogP contribution is -2.38. The Kier molecular flexibility index (Phi) is 7.13. The first-order valence-electron chi connectivity index (χ1n) is 9.51. The van der Waals surface area contributed by atoms with E-state index < -0.39 is 28.7 Å². The lowest BCUT2D eigenvalue weighted by molar-refractivity contribution is -0.145. The van der Waals surface area contributed by atoms with Crippen molar-refractivity contribution < 1.29 is 26.4 Å². The Morgan fingerprint density at radius 2 is 1.68 bits per heavy atom. The van der Waals surface area contributed by atoms with Gasteiger partial charge >= 0.3 is 6.18 Å². The number of benzene rings is 2. The summed E-state index contributed by atoms with van der Waals surface area (Å²) in [6.07, 6.45) is -3.91. The second kappa shape index (κ2) is 9.46. The number of sulfonamides is 1. The van der Waals surface area contributed by atoms with Gasteiger partial charge in [-0.05, 0) is 42.8 Å². The molecule has 1 N–H and O–H groups in total. The maximum Gasteiger partial charge on any atom is 0.401 e. The number of nitrogens with one attached hydrogen (secondary N) is 1. The first-order valence-corrected chi connectivity index (χ1v) is 11.4. The molecule has 168 valence electrons. The van der Waals surface area contributed by atoms with Gasteiger partial charge < -0.3 is 4.90 Å². The number of para-hydroxylation sites is 1. The van der Waals surface area contributed by atoms with E-state index in [0.29, 0.717) is 11.4 Å². The molecule has 3 rings (SSSR count). The predicted octanol–water partition coefficient (Wildman–Crippen LogP) is 3.85. The summed E-state index contributed by atoms with van der Waals surface area (Å²) in [6.45, 7) is -0.302. The van der Waals surface area contributed by atoms with Crippen LogP contribution in [0.1, 0.15) is 16.8 Å². The first kappa shape index (κ1) is 23.4. The van der Waals surface area contributed by atoms with Gasteiger partial charge in [0.25, 0.3) is 15.9 Å². The van der Waals surface area contributed by atoms with Gasteiger partial charge in [0.15, 0.2) is 0 Å². The lowest BCUT2D eigenvalue weighted by Gasteiger charge is -2.23. The summed E-state index contributed by atoms with van der Waals surface area (Å²) in [5, 5.41) is 0.384. The fraction of sp³-hybridized carbons (Fsp3) is 0.350. The monoisotopic (exact) mass is 475 g/mol. The molecule has 0 spiro atoms. The van der Waals surface area contributed by atoms with Gasteiger partial charge in [-0.15, -0.1) is 0 Å². The van der Waals surface area contributed by atoms with Crippen LogP contribution in [0.15, 0.2) is 53.4 Å². The molecule has 0 unspecified atom stereocenters. The Bertz CT molecular complexity index is 1030. The van der Waals surface area contributed by atoms with Crippen molar-refractivity contribution in [3.63, 3.8) is 0 Å². The van der Waals surface area contributed by atoms with Gasteiger partial charge in [-0.25, -0.2) is 8.42 Å². The van der Waals surface area contributed by atoms with Crippen LogP contribution < -0.4 is 4.72 Å². The zero-order valence-electron chi connectivity index (χ0n) is 16.4. The second-order valence-corrected chi connectivity index (χ2v) is 9.26. The first-order chi connectivity index (χ1) is 14.5. The number of hydrogen-bond acceptors (Lipinski definition) is 4. The number of hydrogen-bond donors (Lipinski definition) is 1. The molecular weight excluding hydrogens is 455 g/mol. The highest BCUT2D eigenvalue weighted by molar-refractivity contribution is 7.92. The number of carbonyl (C=O) groups is 1. The zero-order valence-corrected chi connectivity index (χ0v) is 18.0. The van der Waals surface area contributed by atoms with E-state index in [9.17, 15) is 26.4 Å². The molecule has 0 aromatic heterocycles. The standard InChI is InChI=1S/C20H21ClF3N3O3S/c21-15-6-8-16(9-7-15)31(29,30)25-18-5-2-1-4-17(18)19(28)27-11-3-10-26(12-13-27)14-20(22,23)24/h1-2,4-9,25H,3,10-14H2. The Balaban J connectivity index is 1.76. The van der Waals surface area contributed by atoms with Crippen LogP contribution in [0.4, 0.5) is 18.9 Å². The van der Waals surface area contributed by atoms with Gasteiger partial charge in [-0.1, -0.05) is 23.7 Å². The minimum Gasteiger partial charge on any atom is -0.337 e. The van der Waals surface area contributed by atoms with Gasteiger partial charge in [0.1, 0.15) is 0 Å². The van der Waals surface area contributed by atoms with E-state index in [1.54, 1.807) is 12.1 Å². The number of anilines is 1. The largest absolute Gasteiger partial charge is 0.401 e. The van der Waals surface area contributed by atoms with E-state index >= 15 is 0 Å². The number of rotatable bonds is 5. The van der Waals surface area contributed by atoms with Crippen LogP contribution in [0, 0.1) is 0 Å². The van der Waals surface area contributed by atoms with Crippen LogP contribution in [0.5, 0.6) is 0 Å². The summed E-state index contributed by atoms with van der Waals surface area (Å²) in [5.74, 6) is -0.441. The molecular formula is C20H21ClF3N3O3S. The summed E-state index contributed by atoms with van der Waals surface area (Å²) in [4.78, 5) is 15.8. The smallest absolute Gasteiger partial charge is 0.337 e. The van der Waals surface area contributed by atoms with Crippen molar-refractivity contribution in [3.05, 3.63) is 59.1 Å². The van der Waals surface area contributed by atoms with E-state index in [0.717, 1.165) is 0 Å². The summed E-state index contributed by atoms with van der Waals surface area (Å²) in [5.41, 5.74) is 0.225. The molecule has 0 radical (unpaired) electrons. The Hall–Kier alpha value is -2.30. The summed E-state index contributed by atoms with van der Waals surface area (Å²) < 4.78 is 65.8. The van der Waals surface area contributed by atoms with Crippen LogP contribution in [-0.2, 0) is 10.0 Å². The summed E-state index contributed by atoms with van der Waals surface area (Å²) >= 11 is 5.80. The van der Waals surface area contributed by atoms with Crippen molar-refractivity contribution in [3.8, 4) is 0 Å². The molecule has 1 amide bonds. The molecule has 1 saturated heterocycles. The fourth-order valence-electron chi connectivity index (χ4n) is 3.33. The summed E-state index contributed by atoms with van der Waals surface area (Å²) in [6, 6.07) is 11.7. The molecule has 0 atom stereocenters. The average Bonchev–Trinajstić information content (AvgIpc) is 2.92. The average molecular weight is 476 g/mol. The van der Waals surface area contributed by atoms with E-state index in [4.69, 9.17) is 11.6 Å². The van der Waals surface area contributed by atoms with Gasteiger partial charge in [0.2, 0.25) is 0 Å². The highest BCUT2D eigenvalue weighted by atomic mass is 35.5. The maximum absolute atomic E-state index is 13.1. The molecule has 1 heterocycles. The second-order valence-electron chi connectivity index (χ2n) is 7.14. The van der Waals surface area contributed by atoms with E-state index in [2.05, 4.69) is 4.72 Å². The van der Waals surface area contributed by atoms with E-state index in [1.807, 2.05) is 0 Å². The molecule has 1 aliphatic heterocycles. The molecule has 1 fully saturated rings. The van der Waals surface area contributed by atoms with Crippen molar-refractivity contribution >= 4 is 33.2 Å². The summed E-state index contributed by atoms with van der Waals surface area (Å²) in [7, 11) is -3.97.